The van der Waals surface area contributed by atoms with Gasteiger partial charge in [-0.3, -0.25) is 19.3 Å². The normalized spacial score (nSPS) is 20.3. The van der Waals surface area contributed by atoms with Gasteiger partial charge in [0, 0.05) is 42.6 Å². The second-order valence-corrected chi connectivity index (χ2v) is 11.3. The van der Waals surface area contributed by atoms with E-state index >= 15 is 0 Å². The summed E-state index contributed by atoms with van der Waals surface area (Å²) in [5.74, 6) is 0.352. The van der Waals surface area contributed by atoms with Crippen molar-refractivity contribution in [3.63, 3.8) is 0 Å². The third-order valence-electron chi connectivity index (χ3n) is 7.79. The summed E-state index contributed by atoms with van der Waals surface area (Å²) in [6, 6.07) is 7.08. The Bertz CT molecular complexity index is 1230. The summed E-state index contributed by atoms with van der Waals surface area (Å²) in [6.45, 7) is 8.11. The van der Waals surface area contributed by atoms with Crippen molar-refractivity contribution in [1.82, 2.24) is 20.5 Å². The molecule has 4 rings (SSSR count). The van der Waals surface area contributed by atoms with Crippen molar-refractivity contribution in [3.05, 3.63) is 30.0 Å². The van der Waals surface area contributed by atoms with Crippen LogP contribution in [0.2, 0.25) is 0 Å². The summed E-state index contributed by atoms with van der Waals surface area (Å²) >= 11 is 0. The molecule has 224 valence electrons. The quantitative estimate of drug-likeness (QED) is 0.330. The van der Waals surface area contributed by atoms with Crippen molar-refractivity contribution >= 4 is 28.6 Å². The number of hydrogen-bond acceptors (Lipinski definition) is 8. The monoisotopic (exact) mass is 568 g/mol. The second kappa shape index (κ2) is 14.0. The number of hydrogen-bond donors (Lipinski definition) is 2. The van der Waals surface area contributed by atoms with Crippen molar-refractivity contribution < 1.29 is 28.6 Å². The fourth-order valence-corrected chi connectivity index (χ4v) is 5.28. The van der Waals surface area contributed by atoms with E-state index in [9.17, 15) is 14.4 Å². The molecular weight excluding hydrogens is 524 g/mol. The van der Waals surface area contributed by atoms with E-state index in [2.05, 4.69) is 15.6 Å². The Balaban J connectivity index is 1.50. The van der Waals surface area contributed by atoms with Gasteiger partial charge in [-0.1, -0.05) is 27.2 Å². The number of ether oxygens (including phenoxy) is 3. The molecule has 1 aliphatic carbocycles. The highest BCUT2D eigenvalue weighted by molar-refractivity contribution is 5.88. The number of rotatable bonds is 14. The number of nitrogens with zero attached hydrogens (tertiary/aromatic N) is 2. The maximum atomic E-state index is 13.7. The third kappa shape index (κ3) is 8.09. The number of amides is 2. The van der Waals surface area contributed by atoms with Crippen molar-refractivity contribution in [2.45, 2.75) is 96.9 Å². The van der Waals surface area contributed by atoms with Crippen LogP contribution in [0.4, 0.5) is 0 Å². The molecule has 1 aliphatic heterocycles. The van der Waals surface area contributed by atoms with Gasteiger partial charge in [-0.25, -0.2) is 4.98 Å². The zero-order chi connectivity index (χ0) is 29.5. The lowest BCUT2D eigenvalue weighted by atomic mass is 9.96. The number of nitrogens with one attached hydrogen (secondary N) is 2. The first-order chi connectivity index (χ1) is 19.7. The number of aromatic nitrogens is 1. The van der Waals surface area contributed by atoms with Crippen LogP contribution in [0.15, 0.2) is 24.3 Å². The van der Waals surface area contributed by atoms with Gasteiger partial charge in [0.25, 0.3) is 0 Å². The number of benzene rings is 1. The maximum absolute atomic E-state index is 13.7. The van der Waals surface area contributed by atoms with Gasteiger partial charge >= 0.3 is 5.97 Å². The minimum Gasteiger partial charge on any atom is -0.497 e. The van der Waals surface area contributed by atoms with Gasteiger partial charge in [0.1, 0.15) is 18.6 Å². The van der Waals surface area contributed by atoms with E-state index < -0.39 is 6.04 Å². The minimum atomic E-state index is -0.580. The maximum Gasteiger partial charge on any atom is 0.307 e. The van der Waals surface area contributed by atoms with Crippen LogP contribution in [0.25, 0.3) is 10.8 Å². The number of fused-ring (bicyclic) bond motifs is 1. The number of pyridine rings is 1. The van der Waals surface area contributed by atoms with Gasteiger partial charge in [0.15, 0.2) is 0 Å². The largest absolute Gasteiger partial charge is 0.497 e. The molecule has 2 amide bonds. The molecule has 4 atom stereocenters. The summed E-state index contributed by atoms with van der Waals surface area (Å²) in [7, 11) is 1.63. The number of esters is 1. The lowest BCUT2D eigenvalue weighted by Crippen LogP contribution is -2.51. The SMILES string of the molecule is CCCC(=O)OCN1C[C@H](Oc2nc(C)cc3cc(OC)ccc23)CC1C(=O)N[C@@H](CCC)C(C)C(=O)NC1CC1. The lowest BCUT2D eigenvalue weighted by Gasteiger charge is -2.28. The Labute approximate surface area is 242 Å². The van der Waals surface area contributed by atoms with E-state index in [1.807, 2.05) is 56.9 Å². The number of methoxy groups -OCH3 is 1. The molecule has 2 heterocycles. The van der Waals surface area contributed by atoms with Crippen LogP contribution < -0.4 is 20.1 Å². The molecule has 0 spiro atoms. The standard InChI is InChI=1S/C31H44N4O6/c1-6-8-26(20(4)29(37)33-22-10-11-22)34-30(38)27-16-24(17-35(27)18-40-28(36)9-7-2)41-31-25-13-12-23(39-5)15-21(25)14-19(3)32-31/h12-15,20,22,24,26-27H,6-11,16-18H2,1-5H3,(H,33,37)(H,34,38)/t20?,24-,26+,27?/m1/s1. The molecule has 1 saturated heterocycles. The van der Waals surface area contributed by atoms with Crippen LogP contribution in [0, 0.1) is 12.8 Å². The van der Waals surface area contributed by atoms with Crippen LogP contribution in [0.3, 0.4) is 0 Å². The van der Waals surface area contributed by atoms with Crippen molar-refractivity contribution in [2.24, 2.45) is 5.92 Å². The Morgan fingerprint density at radius 3 is 2.61 bits per heavy atom. The van der Waals surface area contributed by atoms with Crippen LogP contribution >= 0.6 is 0 Å². The second-order valence-electron chi connectivity index (χ2n) is 11.3. The predicted molar refractivity (Wildman–Crippen MR) is 156 cm³/mol. The first-order valence-corrected chi connectivity index (χ1v) is 14.8. The zero-order valence-electron chi connectivity index (χ0n) is 24.9. The fourth-order valence-electron chi connectivity index (χ4n) is 5.28. The van der Waals surface area contributed by atoms with Crippen molar-refractivity contribution in [1.29, 1.82) is 0 Å². The molecule has 2 N–H and O–H groups in total. The molecule has 2 aliphatic rings. The van der Waals surface area contributed by atoms with Gasteiger partial charge in [-0.15, -0.1) is 0 Å². The summed E-state index contributed by atoms with van der Waals surface area (Å²) in [4.78, 5) is 45.1. The van der Waals surface area contributed by atoms with Crippen LogP contribution in [0.5, 0.6) is 11.6 Å². The van der Waals surface area contributed by atoms with Gasteiger partial charge in [-0.2, -0.15) is 0 Å². The zero-order valence-corrected chi connectivity index (χ0v) is 24.9. The molecule has 10 nitrogen and oxygen atoms in total. The number of carbonyl (C=O) groups excluding carboxylic acids is 3. The Hall–Kier alpha value is -3.40. The average Bonchev–Trinajstić information content (AvgIpc) is 3.67. The topological polar surface area (TPSA) is 119 Å². The molecule has 2 unspecified atom stereocenters. The average molecular weight is 569 g/mol. The first kappa shape index (κ1) is 30.6. The number of likely N-dealkylation sites (tertiary alicyclic amines) is 1. The summed E-state index contributed by atoms with van der Waals surface area (Å²) < 4.78 is 17.3. The molecule has 1 saturated carbocycles. The number of carbonyl (C=O) groups is 3. The summed E-state index contributed by atoms with van der Waals surface area (Å²) in [6.07, 6.45) is 4.59. The third-order valence-corrected chi connectivity index (χ3v) is 7.79. The summed E-state index contributed by atoms with van der Waals surface area (Å²) in [5.41, 5.74) is 0.805. The van der Waals surface area contributed by atoms with E-state index in [0.717, 1.165) is 41.5 Å². The molecule has 41 heavy (non-hydrogen) atoms. The van der Waals surface area contributed by atoms with Crippen molar-refractivity contribution in [3.8, 4) is 11.6 Å². The lowest BCUT2D eigenvalue weighted by molar-refractivity contribution is -0.151. The Morgan fingerprint density at radius 1 is 1.15 bits per heavy atom. The molecule has 2 fully saturated rings. The van der Waals surface area contributed by atoms with E-state index in [1.165, 1.54) is 0 Å². The van der Waals surface area contributed by atoms with E-state index in [-0.39, 0.29) is 48.6 Å². The first-order valence-electron chi connectivity index (χ1n) is 14.8. The van der Waals surface area contributed by atoms with Crippen LogP contribution in [0.1, 0.15) is 71.4 Å². The molecular formula is C31H44N4O6. The highest BCUT2D eigenvalue weighted by Crippen LogP contribution is 2.31. The molecule has 0 radical (unpaired) electrons. The predicted octanol–water partition coefficient (Wildman–Crippen LogP) is 3.87. The van der Waals surface area contributed by atoms with Crippen LogP contribution in [-0.4, -0.2) is 72.3 Å². The van der Waals surface area contributed by atoms with Gasteiger partial charge in [-0.05, 0) is 62.3 Å². The van der Waals surface area contributed by atoms with Gasteiger partial charge < -0.3 is 24.8 Å². The van der Waals surface area contributed by atoms with E-state index in [4.69, 9.17) is 14.2 Å². The number of aryl methyl sites for hydroxylation is 1. The van der Waals surface area contributed by atoms with Crippen LogP contribution in [-0.2, 0) is 19.1 Å². The molecule has 0 bridgehead atoms. The Kier molecular flexibility index (Phi) is 10.4. The molecule has 10 heteroatoms. The van der Waals surface area contributed by atoms with Crippen molar-refractivity contribution in [2.75, 3.05) is 20.4 Å². The molecule has 1 aromatic heterocycles. The van der Waals surface area contributed by atoms with E-state index in [0.29, 0.717) is 38.1 Å². The minimum absolute atomic E-state index is 0.00780. The van der Waals surface area contributed by atoms with Gasteiger partial charge in [0.2, 0.25) is 17.7 Å². The summed E-state index contributed by atoms with van der Waals surface area (Å²) in [5, 5.41) is 8.00. The van der Waals surface area contributed by atoms with E-state index in [1.54, 1.807) is 7.11 Å². The Morgan fingerprint density at radius 2 is 1.93 bits per heavy atom. The van der Waals surface area contributed by atoms with Gasteiger partial charge in [0.05, 0.1) is 19.1 Å². The highest BCUT2D eigenvalue weighted by atomic mass is 16.5. The molecule has 2 aromatic rings. The molecule has 1 aromatic carbocycles. The fraction of sp³-hybridized carbons (Fsp3) is 0.613. The highest BCUT2D eigenvalue weighted by Gasteiger charge is 2.40. The smallest absolute Gasteiger partial charge is 0.307 e.